The Morgan fingerprint density at radius 3 is 2.60 bits per heavy atom. The van der Waals surface area contributed by atoms with E-state index in [1.54, 1.807) is 6.07 Å². The molecule has 0 heterocycles. The first-order valence-corrected chi connectivity index (χ1v) is 7.87. The first-order valence-electron chi connectivity index (χ1n) is 6.09. The van der Waals surface area contributed by atoms with Crippen LogP contribution in [0.25, 0.3) is 0 Å². The van der Waals surface area contributed by atoms with Gasteiger partial charge in [-0.05, 0) is 48.9 Å². The predicted octanol–water partition coefficient (Wildman–Crippen LogP) is 4.07. The summed E-state index contributed by atoms with van der Waals surface area (Å²) in [5.74, 6) is 0.330. The zero-order valence-electron chi connectivity index (χ0n) is 11.0. The van der Waals surface area contributed by atoms with Crippen molar-refractivity contribution in [3.63, 3.8) is 0 Å². The third-order valence-electron chi connectivity index (χ3n) is 2.75. The summed E-state index contributed by atoms with van der Waals surface area (Å²) in [6.07, 6.45) is 0. The van der Waals surface area contributed by atoms with E-state index in [4.69, 9.17) is 5.73 Å². The molecule has 104 valence electrons. The highest BCUT2D eigenvalue weighted by molar-refractivity contribution is 9.10. The van der Waals surface area contributed by atoms with Crippen LogP contribution < -0.4 is 11.1 Å². The van der Waals surface area contributed by atoms with Crippen LogP contribution in [-0.2, 0) is 4.79 Å². The normalized spacial score (nSPS) is 10.3. The average molecular weight is 351 g/mol. The van der Waals surface area contributed by atoms with E-state index in [1.165, 1.54) is 11.8 Å². The van der Waals surface area contributed by atoms with Crippen molar-refractivity contribution >= 4 is 45.0 Å². The average Bonchev–Trinajstić information content (AvgIpc) is 2.42. The number of nitrogens with two attached hydrogens (primary N) is 1. The van der Waals surface area contributed by atoms with Gasteiger partial charge in [0.05, 0.1) is 5.75 Å². The molecule has 2 rings (SSSR count). The van der Waals surface area contributed by atoms with Crippen molar-refractivity contribution in [1.29, 1.82) is 0 Å². The summed E-state index contributed by atoms with van der Waals surface area (Å²) in [6, 6.07) is 13.4. The first kappa shape index (κ1) is 14.9. The molecule has 3 N–H and O–H groups in total. The van der Waals surface area contributed by atoms with E-state index < -0.39 is 0 Å². The second kappa shape index (κ2) is 6.81. The molecule has 0 unspecified atom stereocenters. The van der Waals surface area contributed by atoms with Crippen molar-refractivity contribution in [2.45, 2.75) is 11.8 Å². The Morgan fingerprint density at radius 2 is 1.95 bits per heavy atom. The lowest BCUT2D eigenvalue weighted by Gasteiger charge is -2.07. The molecule has 0 atom stereocenters. The number of nitrogen functional groups attached to an aromatic ring is 1. The van der Waals surface area contributed by atoms with Crippen LogP contribution in [0.2, 0.25) is 0 Å². The molecule has 0 saturated carbocycles. The fraction of sp³-hybridized carbons (Fsp3) is 0.133. The van der Waals surface area contributed by atoms with Crippen LogP contribution in [0.5, 0.6) is 0 Å². The lowest BCUT2D eigenvalue weighted by Crippen LogP contribution is -2.14. The summed E-state index contributed by atoms with van der Waals surface area (Å²) in [7, 11) is 0. The van der Waals surface area contributed by atoms with Gasteiger partial charge in [0.15, 0.2) is 0 Å². The Bertz CT molecular complexity index is 614. The Kier molecular flexibility index (Phi) is 5.09. The molecule has 0 radical (unpaired) electrons. The van der Waals surface area contributed by atoms with E-state index in [1.807, 2.05) is 43.3 Å². The molecule has 3 nitrogen and oxygen atoms in total. The minimum atomic E-state index is -0.0406. The Hall–Kier alpha value is -1.46. The van der Waals surface area contributed by atoms with Crippen LogP contribution in [-0.4, -0.2) is 11.7 Å². The SMILES string of the molecule is Cc1ccc(NC(=O)CSc2ccc(Br)cc2)cc1N. The van der Waals surface area contributed by atoms with Gasteiger partial charge in [0, 0.05) is 20.7 Å². The number of carbonyl (C=O) groups is 1. The van der Waals surface area contributed by atoms with E-state index in [-0.39, 0.29) is 5.91 Å². The standard InChI is InChI=1S/C15H15BrN2OS/c1-10-2-5-12(8-14(10)17)18-15(19)9-20-13-6-3-11(16)4-7-13/h2-8H,9,17H2,1H3,(H,18,19). The van der Waals surface area contributed by atoms with E-state index in [2.05, 4.69) is 21.2 Å². The highest BCUT2D eigenvalue weighted by atomic mass is 79.9. The molecular formula is C15H15BrN2OS. The van der Waals surface area contributed by atoms with Gasteiger partial charge in [0.2, 0.25) is 5.91 Å². The summed E-state index contributed by atoms with van der Waals surface area (Å²) in [4.78, 5) is 12.9. The van der Waals surface area contributed by atoms with Crippen molar-refractivity contribution in [1.82, 2.24) is 0 Å². The molecule has 20 heavy (non-hydrogen) atoms. The van der Waals surface area contributed by atoms with Gasteiger partial charge in [0.25, 0.3) is 0 Å². The Morgan fingerprint density at radius 1 is 1.25 bits per heavy atom. The molecule has 0 saturated heterocycles. The van der Waals surface area contributed by atoms with Crippen molar-refractivity contribution < 1.29 is 4.79 Å². The monoisotopic (exact) mass is 350 g/mol. The molecule has 0 aliphatic heterocycles. The van der Waals surface area contributed by atoms with Gasteiger partial charge in [-0.3, -0.25) is 4.79 Å². The fourth-order valence-electron chi connectivity index (χ4n) is 1.60. The van der Waals surface area contributed by atoms with Crippen LogP contribution in [0, 0.1) is 6.92 Å². The number of rotatable bonds is 4. The second-order valence-corrected chi connectivity index (χ2v) is 6.33. The number of hydrogen-bond donors (Lipinski definition) is 2. The van der Waals surface area contributed by atoms with E-state index >= 15 is 0 Å². The number of aryl methyl sites for hydroxylation is 1. The summed E-state index contributed by atoms with van der Waals surface area (Å²) >= 11 is 4.88. The van der Waals surface area contributed by atoms with Gasteiger partial charge in [-0.2, -0.15) is 0 Å². The Labute approximate surface area is 131 Å². The maximum absolute atomic E-state index is 11.9. The van der Waals surface area contributed by atoms with Gasteiger partial charge < -0.3 is 11.1 Å². The topological polar surface area (TPSA) is 55.1 Å². The van der Waals surface area contributed by atoms with Gasteiger partial charge in [-0.1, -0.05) is 22.0 Å². The van der Waals surface area contributed by atoms with Crippen molar-refractivity contribution in [2.24, 2.45) is 0 Å². The number of nitrogens with one attached hydrogen (secondary N) is 1. The number of anilines is 2. The number of halogens is 1. The molecule has 5 heteroatoms. The first-order chi connectivity index (χ1) is 9.54. The molecule has 2 aromatic carbocycles. The van der Waals surface area contributed by atoms with Crippen LogP contribution in [0.4, 0.5) is 11.4 Å². The third-order valence-corrected chi connectivity index (χ3v) is 4.29. The van der Waals surface area contributed by atoms with Gasteiger partial charge in [0.1, 0.15) is 0 Å². The lowest BCUT2D eigenvalue weighted by atomic mass is 10.2. The molecule has 0 aromatic heterocycles. The molecule has 1 amide bonds. The largest absolute Gasteiger partial charge is 0.398 e. The van der Waals surface area contributed by atoms with Crippen molar-refractivity contribution in [3.05, 3.63) is 52.5 Å². The maximum atomic E-state index is 11.9. The van der Waals surface area contributed by atoms with E-state index in [9.17, 15) is 4.79 Å². The summed E-state index contributed by atoms with van der Waals surface area (Å²) in [5.41, 5.74) is 8.24. The lowest BCUT2D eigenvalue weighted by molar-refractivity contribution is -0.113. The minimum Gasteiger partial charge on any atom is -0.398 e. The summed E-state index contributed by atoms with van der Waals surface area (Å²) in [5, 5.41) is 2.84. The molecular weight excluding hydrogens is 336 g/mol. The highest BCUT2D eigenvalue weighted by Crippen LogP contribution is 2.21. The molecule has 2 aromatic rings. The minimum absolute atomic E-state index is 0.0406. The van der Waals surface area contributed by atoms with Crippen LogP contribution >= 0.6 is 27.7 Å². The number of hydrogen-bond acceptors (Lipinski definition) is 3. The summed E-state index contributed by atoms with van der Waals surface area (Å²) < 4.78 is 1.03. The maximum Gasteiger partial charge on any atom is 0.234 e. The fourth-order valence-corrected chi connectivity index (χ4v) is 2.56. The molecule has 0 bridgehead atoms. The molecule has 0 aliphatic carbocycles. The number of benzene rings is 2. The van der Waals surface area contributed by atoms with Gasteiger partial charge in [-0.15, -0.1) is 11.8 Å². The molecule has 0 aliphatic rings. The van der Waals surface area contributed by atoms with E-state index in [0.29, 0.717) is 11.4 Å². The quantitative estimate of drug-likeness (QED) is 0.645. The van der Waals surface area contributed by atoms with Crippen LogP contribution in [0.15, 0.2) is 51.8 Å². The van der Waals surface area contributed by atoms with Gasteiger partial charge >= 0.3 is 0 Å². The second-order valence-electron chi connectivity index (χ2n) is 4.36. The van der Waals surface area contributed by atoms with Crippen molar-refractivity contribution in [2.75, 3.05) is 16.8 Å². The smallest absolute Gasteiger partial charge is 0.234 e. The number of thioether (sulfide) groups is 1. The van der Waals surface area contributed by atoms with E-state index in [0.717, 1.165) is 20.6 Å². The van der Waals surface area contributed by atoms with Crippen LogP contribution in [0.1, 0.15) is 5.56 Å². The third kappa shape index (κ3) is 4.28. The number of amides is 1. The zero-order chi connectivity index (χ0) is 14.5. The van der Waals surface area contributed by atoms with Gasteiger partial charge in [-0.25, -0.2) is 0 Å². The van der Waals surface area contributed by atoms with Crippen LogP contribution in [0.3, 0.4) is 0 Å². The summed E-state index contributed by atoms with van der Waals surface area (Å²) in [6.45, 7) is 1.93. The zero-order valence-corrected chi connectivity index (χ0v) is 13.4. The van der Waals surface area contributed by atoms with Crippen molar-refractivity contribution in [3.8, 4) is 0 Å². The molecule has 0 fully saturated rings. The Balaban J connectivity index is 1.89. The number of carbonyl (C=O) groups excluding carboxylic acids is 1. The molecule has 0 spiro atoms. The highest BCUT2D eigenvalue weighted by Gasteiger charge is 2.05. The predicted molar refractivity (Wildman–Crippen MR) is 89.1 cm³/mol.